The van der Waals surface area contributed by atoms with Gasteiger partial charge in [0, 0.05) is 15.2 Å². The first-order valence-electron chi connectivity index (χ1n) is 5.57. The maximum absolute atomic E-state index is 11.4. The standard InChI is InChI=1S/C14H11BrClNO2/c15-12-7-2-1-6-11(12)13(14(18)19)17-10-5-3-4-9(16)8-10/h1-8,13,17H,(H,18,19). The van der Waals surface area contributed by atoms with Gasteiger partial charge in [0.25, 0.3) is 0 Å². The minimum Gasteiger partial charge on any atom is -0.479 e. The first kappa shape index (κ1) is 13.9. The lowest BCUT2D eigenvalue weighted by molar-refractivity contribution is -0.138. The van der Waals surface area contributed by atoms with Crippen molar-refractivity contribution in [1.82, 2.24) is 0 Å². The van der Waals surface area contributed by atoms with Crippen molar-refractivity contribution >= 4 is 39.2 Å². The molecule has 2 N–H and O–H groups in total. The molecular formula is C14H11BrClNO2. The van der Waals surface area contributed by atoms with Crippen LogP contribution >= 0.6 is 27.5 Å². The summed E-state index contributed by atoms with van der Waals surface area (Å²) in [7, 11) is 0. The van der Waals surface area contributed by atoms with Gasteiger partial charge in [0.2, 0.25) is 0 Å². The van der Waals surface area contributed by atoms with E-state index in [1.54, 1.807) is 36.4 Å². The minimum atomic E-state index is -0.952. The lowest BCUT2D eigenvalue weighted by Gasteiger charge is -2.17. The number of hydrogen-bond acceptors (Lipinski definition) is 2. The van der Waals surface area contributed by atoms with E-state index in [2.05, 4.69) is 21.2 Å². The lowest BCUT2D eigenvalue weighted by Crippen LogP contribution is -2.20. The summed E-state index contributed by atoms with van der Waals surface area (Å²) in [5.74, 6) is -0.952. The van der Waals surface area contributed by atoms with Crippen LogP contribution in [0.4, 0.5) is 5.69 Å². The van der Waals surface area contributed by atoms with Gasteiger partial charge in [0.05, 0.1) is 0 Å². The molecule has 2 aromatic rings. The highest BCUT2D eigenvalue weighted by atomic mass is 79.9. The molecule has 0 spiro atoms. The molecule has 1 unspecified atom stereocenters. The Labute approximate surface area is 124 Å². The number of halogens is 2. The average molecular weight is 341 g/mol. The van der Waals surface area contributed by atoms with E-state index in [1.807, 2.05) is 12.1 Å². The van der Waals surface area contributed by atoms with Gasteiger partial charge in [0.1, 0.15) is 0 Å². The fraction of sp³-hybridized carbons (Fsp3) is 0.0714. The largest absolute Gasteiger partial charge is 0.479 e. The molecule has 0 aliphatic rings. The SMILES string of the molecule is O=C(O)C(Nc1cccc(Cl)c1)c1ccccc1Br. The zero-order valence-electron chi connectivity index (χ0n) is 9.81. The monoisotopic (exact) mass is 339 g/mol. The molecular weight excluding hydrogens is 330 g/mol. The van der Waals surface area contributed by atoms with Gasteiger partial charge in [-0.1, -0.05) is 51.8 Å². The molecule has 19 heavy (non-hydrogen) atoms. The van der Waals surface area contributed by atoms with Crippen LogP contribution in [-0.2, 0) is 4.79 Å². The van der Waals surface area contributed by atoms with Crippen LogP contribution in [0, 0.1) is 0 Å². The third-order valence-corrected chi connectivity index (χ3v) is 3.56. The zero-order chi connectivity index (χ0) is 13.8. The topological polar surface area (TPSA) is 49.3 Å². The quantitative estimate of drug-likeness (QED) is 0.870. The summed E-state index contributed by atoms with van der Waals surface area (Å²) in [4.78, 5) is 11.4. The van der Waals surface area contributed by atoms with Crippen LogP contribution in [0.5, 0.6) is 0 Å². The van der Waals surface area contributed by atoms with Gasteiger partial charge in [-0.2, -0.15) is 0 Å². The second-order valence-electron chi connectivity index (χ2n) is 3.95. The smallest absolute Gasteiger partial charge is 0.330 e. The number of carboxylic acids is 1. The van der Waals surface area contributed by atoms with Crippen molar-refractivity contribution in [3.8, 4) is 0 Å². The van der Waals surface area contributed by atoms with Crippen LogP contribution in [-0.4, -0.2) is 11.1 Å². The minimum absolute atomic E-state index is 0.557. The summed E-state index contributed by atoms with van der Waals surface area (Å²) >= 11 is 9.25. The van der Waals surface area contributed by atoms with E-state index in [-0.39, 0.29) is 0 Å². The highest BCUT2D eigenvalue weighted by molar-refractivity contribution is 9.10. The van der Waals surface area contributed by atoms with E-state index < -0.39 is 12.0 Å². The summed E-state index contributed by atoms with van der Waals surface area (Å²) in [6, 6.07) is 13.3. The van der Waals surface area contributed by atoms with E-state index >= 15 is 0 Å². The van der Waals surface area contributed by atoms with Crippen LogP contribution in [0.25, 0.3) is 0 Å². The summed E-state index contributed by atoms with van der Waals surface area (Å²) < 4.78 is 0.747. The van der Waals surface area contributed by atoms with Gasteiger partial charge in [-0.3, -0.25) is 0 Å². The second-order valence-corrected chi connectivity index (χ2v) is 5.24. The normalized spacial score (nSPS) is 11.9. The van der Waals surface area contributed by atoms with Gasteiger partial charge in [0.15, 0.2) is 6.04 Å². The number of carbonyl (C=O) groups is 1. The molecule has 0 amide bonds. The lowest BCUT2D eigenvalue weighted by atomic mass is 10.1. The van der Waals surface area contributed by atoms with Crippen LogP contribution in [0.15, 0.2) is 53.0 Å². The van der Waals surface area contributed by atoms with Crippen LogP contribution in [0.2, 0.25) is 5.02 Å². The maximum atomic E-state index is 11.4. The number of hydrogen-bond donors (Lipinski definition) is 2. The Morgan fingerprint density at radius 3 is 2.58 bits per heavy atom. The number of carboxylic acid groups (broad SMARTS) is 1. The molecule has 0 aromatic heterocycles. The number of benzene rings is 2. The summed E-state index contributed by atoms with van der Waals surface area (Å²) in [5.41, 5.74) is 1.32. The van der Waals surface area contributed by atoms with Crippen molar-refractivity contribution < 1.29 is 9.90 Å². The summed E-state index contributed by atoms with van der Waals surface area (Å²) in [5, 5.41) is 12.9. The van der Waals surface area contributed by atoms with E-state index in [1.165, 1.54) is 0 Å². The number of nitrogens with one attached hydrogen (secondary N) is 1. The van der Waals surface area contributed by atoms with Crippen molar-refractivity contribution in [3.05, 3.63) is 63.6 Å². The summed E-state index contributed by atoms with van der Waals surface area (Å²) in [6.45, 7) is 0. The first-order chi connectivity index (χ1) is 9.08. The molecule has 0 saturated carbocycles. The predicted octanol–water partition coefficient (Wildman–Crippen LogP) is 4.34. The summed E-state index contributed by atoms with van der Waals surface area (Å²) in [6.07, 6.45) is 0. The van der Waals surface area contributed by atoms with Crippen LogP contribution in [0.3, 0.4) is 0 Å². The van der Waals surface area contributed by atoms with Gasteiger partial charge < -0.3 is 10.4 Å². The maximum Gasteiger partial charge on any atom is 0.330 e. The van der Waals surface area contributed by atoms with E-state index in [0.29, 0.717) is 16.3 Å². The van der Waals surface area contributed by atoms with Crippen molar-refractivity contribution in [1.29, 1.82) is 0 Å². The number of anilines is 1. The number of rotatable bonds is 4. The molecule has 0 aliphatic heterocycles. The molecule has 2 aromatic carbocycles. The third kappa shape index (κ3) is 3.49. The molecule has 1 atom stereocenters. The van der Waals surface area contributed by atoms with Crippen molar-refractivity contribution in [3.63, 3.8) is 0 Å². The number of aliphatic carboxylic acids is 1. The van der Waals surface area contributed by atoms with Gasteiger partial charge in [-0.15, -0.1) is 0 Å². The molecule has 0 saturated heterocycles. The molecule has 0 fully saturated rings. The Hall–Kier alpha value is -1.52. The Kier molecular flexibility index (Phi) is 4.45. The predicted molar refractivity (Wildman–Crippen MR) is 79.6 cm³/mol. The van der Waals surface area contributed by atoms with Gasteiger partial charge >= 0.3 is 5.97 Å². The van der Waals surface area contributed by atoms with Crippen molar-refractivity contribution in [2.75, 3.05) is 5.32 Å². The van der Waals surface area contributed by atoms with E-state index in [0.717, 1.165) is 4.47 Å². The molecule has 0 heterocycles. The van der Waals surface area contributed by atoms with Gasteiger partial charge in [-0.05, 0) is 29.8 Å². The van der Waals surface area contributed by atoms with Gasteiger partial charge in [-0.25, -0.2) is 4.79 Å². The Bertz CT molecular complexity index is 604. The fourth-order valence-corrected chi connectivity index (χ4v) is 2.43. The highest BCUT2D eigenvalue weighted by Crippen LogP contribution is 2.27. The fourth-order valence-electron chi connectivity index (χ4n) is 1.73. The Morgan fingerprint density at radius 2 is 1.95 bits per heavy atom. The van der Waals surface area contributed by atoms with E-state index in [4.69, 9.17) is 11.6 Å². The van der Waals surface area contributed by atoms with Crippen molar-refractivity contribution in [2.45, 2.75) is 6.04 Å². The average Bonchev–Trinajstić information content (AvgIpc) is 2.37. The molecule has 0 aliphatic carbocycles. The molecule has 98 valence electrons. The highest BCUT2D eigenvalue weighted by Gasteiger charge is 2.21. The molecule has 5 heteroatoms. The molecule has 0 radical (unpaired) electrons. The molecule has 2 rings (SSSR count). The second kappa shape index (κ2) is 6.08. The molecule has 3 nitrogen and oxygen atoms in total. The first-order valence-corrected chi connectivity index (χ1v) is 6.74. The van der Waals surface area contributed by atoms with Crippen LogP contribution in [0.1, 0.15) is 11.6 Å². The Morgan fingerprint density at radius 1 is 1.21 bits per heavy atom. The van der Waals surface area contributed by atoms with Crippen molar-refractivity contribution in [2.24, 2.45) is 0 Å². The molecule has 0 bridgehead atoms. The Balaban J connectivity index is 2.32. The third-order valence-electron chi connectivity index (χ3n) is 2.60. The van der Waals surface area contributed by atoms with Crippen LogP contribution < -0.4 is 5.32 Å². The van der Waals surface area contributed by atoms with E-state index in [9.17, 15) is 9.90 Å². The zero-order valence-corrected chi connectivity index (χ0v) is 12.1.